The number of benzene rings is 2. The third-order valence-electron chi connectivity index (χ3n) is 4.53. The molecule has 0 bridgehead atoms. The van der Waals surface area contributed by atoms with E-state index in [2.05, 4.69) is 15.3 Å². The molecule has 29 heavy (non-hydrogen) atoms. The number of carbonyl (C=O) groups excluding carboxylic acids is 1. The summed E-state index contributed by atoms with van der Waals surface area (Å²) in [5.74, 6) is 1.72. The molecule has 0 saturated heterocycles. The Morgan fingerprint density at radius 3 is 2.66 bits per heavy atom. The largest absolute Gasteiger partial charge is 0.493 e. The summed E-state index contributed by atoms with van der Waals surface area (Å²) in [5.41, 5.74) is 1.39. The van der Waals surface area contributed by atoms with E-state index in [0.29, 0.717) is 41.3 Å². The van der Waals surface area contributed by atoms with E-state index in [1.54, 1.807) is 38.5 Å². The zero-order chi connectivity index (χ0) is 20.8. The lowest BCUT2D eigenvalue weighted by Crippen LogP contribution is -3.09. The monoisotopic (exact) mass is 397 g/mol. The molecule has 0 aliphatic carbocycles. The lowest BCUT2D eigenvalue weighted by atomic mass is 10.2. The van der Waals surface area contributed by atoms with Crippen LogP contribution in [0.3, 0.4) is 0 Å². The summed E-state index contributed by atoms with van der Waals surface area (Å²) in [6, 6.07) is 12.7. The number of fused-ring (bicyclic) bond motifs is 1. The summed E-state index contributed by atoms with van der Waals surface area (Å²) in [5, 5.41) is 3.45. The highest BCUT2D eigenvalue weighted by molar-refractivity contribution is 5.77. The summed E-state index contributed by atoms with van der Waals surface area (Å²) in [4.78, 5) is 32.6. The number of rotatable bonds is 8. The molecular weight excluding hydrogens is 372 g/mol. The Balaban J connectivity index is 1.56. The maximum absolute atomic E-state index is 12.3. The van der Waals surface area contributed by atoms with Crippen LogP contribution in [0.25, 0.3) is 10.9 Å². The maximum Gasteiger partial charge on any atom is 0.275 e. The molecule has 3 N–H and O–H groups in total. The quantitative estimate of drug-likeness (QED) is 0.507. The highest BCUT2D eigenvalue weighted by Crippen LogP contribution is 2.27. The van der Waals surface area contributed by atoms with Crippen LogP contribution in [0.15, 0.2) is 47.3 Å². The van der Waals surface area contributed by atoms with Gasteiger partial charge in [0.2, 0.25) is 0 Å². The van der Waals surface area contributed by atoms with E-state index in [-0.39, 0.29) is 18.0 Å². The number of H-pyrrole nitrogens is 1. The third kappa shape index (κ3) is 5.11. The summed E-state index contributed by atoms with van der Waals surface area (Å²) < 4.78 is 10.5. The summed E-state index contributed by atoms with van der Waals surface area (Å²) in [6.45, 7) is 1.07. The number of nitrogens with zero attached hydrogens (tertiary/aromatic N) is 1. The molecule has 1 atom stereocenters. The van der Waals surface area contributed by atoms with E-state index in [0.717, 1.165) is 10.5 Å². The average Bonchev–Trinajstić information content (AvgIpc) is 2.72. The first kappa shape index (κ1) is 20.3. The number of para-hydroxylation sites is 1. The number of quaternary nitrogens is 1. The predicted molar refractivity (Wildman–Crippen MR) is 109 cm³/mol. The van der Waals surface area contributed by atoms with Gasteiger partial charge in [0, 0.05) is 6.54 Å². The Kier molecular flexibility index (Phi) is 6.46. The molecule has 0 spiro atoms. The normalized spacial score (nSPS) is 11.8. The van der Waals surface area contributed by atoms with E-state index in [1.165, 1.54) is 0 Å². The maximum atomic E-state index is 12.3. The molecule has 8 nitrogen and oxygen atoms in total. The number of amides is 1. The second kappa shape index (κ2) is 9.20. The van der Waals surface area contributed by atoms with Crippen LogP contribution in [0.2, 0.25) is 0 Å². The molecule has 3 rings (SSSR count). The highest BCUT2D eigenvalue weighted by Gasteiger charge is 2.13. The van der Waals surface area contributed by atoms with E-state index < -0.39 is 0 Å². The van der Waals surface area contributed by atoms with Gasteiger partial charge in [-0.1, -0.05) is 18.2 Å². The van der Waals surface area contributed by atoms with Crippen LogP contribution < -0.4 is 25.2 Å². The van der Waals surface area contributed by atoms with Crippen molar-refractivity contribution in [2.24, 2.45) is 0 Å². The van der Waals surface area contributed by atoms with Crippen LogP contribution in [0.4, 0.5) is 0 Å². The van der Waals surface area contributed by atoms with Crippen molar-refractivity contribution in [1.82, 2.24) is 15.3 Å². The standard InChI is InChI=1S/C21H24N4O4/c1-25(12-19-23-16-7-5-4-6-15(16)21(27)24-19)13-20(26)22-11-14-8-9-17(28-2)18(10-14)29-3/h4-10H,11-13H2,1-3H3,(H,22,26)(H,23,24,27)/p+1. The van der Waals surface area contributed by atoms with E-state index in [9.17, 15) is 9.59 Å². The minimum absolute atomic E-state index is 0.0968. The molecule has 0 aliphatic rings. The second-order valence-electron chi connectivity index (χ2n) is 6.81. The topological polar surface area (TPSA) is 97.7 Å². The first-order chi connectivity index (χ1) is 14.0. The van der Waals surface area contributed by atoms with Gasteiger partial charge < -0.3 is 24.7 Å². The van der Waals surface area contributed by atoms with E-state index in [1.807, 2.05) is 25.2 Å². The average molecular weight is 397 g/mol. The first-order valence-corrected chi connectivity index (χ1v) is 9.27. The van der Waals surface area contributed by atoms with Crippen LogP contribution in [0.5, 0.6) is 11.5 Å². The molecule has 1 aromatic heterocycles. The van der Waals surface area contributed by atoms with Crippen LogP contribution in [-0.2, 0) is 17.9 Å². The summed E-state index contributed by atoms with van der Waals surface area (Å²) in [6.07, 6.45) is 0. The van der Waals surface area contributed by atoms with Gasteiger partial charge in [-0.2, -0.15) is 0 Å². The fraction of sp³-hybridized carbons (Fsp3) is 0.286. The Bertz CT molecular complexity index is 1060. The number of carbonyl (C=O) groups is 1. The number of nitrogens with one attached hydrogen (secondary N) is 3. The molecule has 0 fully saturated rings. The van der Waals surface area contributed by atoms with E-state index in [4.69, 9.17) is 9.47 Å². The van der Waals surface area contributed by atoms with Crippen molar-refractivity contribution in [2.75, 3.05) is 27.8 Å². The van der Waals surface area contributed by atoms with Gasteiger partial charge in [-0.05, 0) is 29.8 Å². The number of aromatic nitrogens is 2. The smallest absolute Gasteiger partial charge is 0.275 e. The lowest BCUT2D eigenvalue weighted by molar-refractivity contribution is -0.886. The number of hydrogen-bond acceptors (Lipinski definition) is 5. The zero-order valence-electron chi connectivity index (χ0n) is 16.7. The Morgan fingerprint density at radius 1 is 1.14 bits per heavy atom. The van der Waals surface area contributed by atoms with Crippen molar-refractivity contribution in [1.29, 1.82) is 0 Å². The minimum atomic E-state index is -0.170. The highest BCUT2D eigenvalue weighted by atomic mass is 16.5. The second-order valence-corrected chi connectivity index (χ2v) is 6.81. The molecule has 152 valence electrons. The van der Waals surface area contributed by atoms with Crippen molar-refractivity contribution in [3.63, 3.8) is 0 Å². The molecule has 1 amide bonds. The third-order valence-corrected chi connectivity index (χ3v) is 4.53. The number of hydrogen-bond donors (Lipinski definition) is 3. The molecule has 1 heterocycles. The Hall–Kier alpha value is -3.39. The molecule has 0 saturated carbocycles. The zero-order valence-corrected chi connectivity index (χ0v) is 16.7. The number of likely N-dealkylation sites (N-methyl/N-ethyl adjacent to an activating group) is 1. The van der Waals surface area contributed by atoms with Crippen molar-refractivity contribution in [3.8, 4) is 11.5 Å². The molecule has 1 unspecified atom stereocenters. The van der Waals surface area contributed by atoms with Gasteiger partial charge in [0.15, 0.2) is 23.9 Å². The van der Waals surface area contributed by atoms with Crippen LogP contribution in [0.1, 0.15) is 11.4 Å². The number of ether oxygens (including phenoxy) is 2. The van der Waals surface area contributed by atoms with Crippen molar-refractivity contribution in [2.45, 2.75) is 13.1 Å². The molecular formula is C21H25N4O4+. The van der Waals surface area contributed by atoms with Gasteiger partial charge in [-0.25, -0.2) is 4.98 Å². The van der Waals surface area contributed by atoms with Crippen molar-refractivity contribution < 1.29 is 19.2 Å². The van der Waals surface area contributed by atoms with Crippen LogP contribution >= 0.6 is 0 Å². The molecule has 3 aromatic rings. The molecule has 8 heteroatoms. The summed E-state index contributed by atoms with van der Waals surface area (Å²) >= 11 is 0. The molecule has 0 aliphatic heterocycles. The van der Waals surface area contributed by atoms with Crippen molar-refractivity contribution >= 4 is 16.8 Å². The number of aromatic amines is 1. The van der Waals surface area contributed by atoms with Gasteiger partial charge in [-0.15, -0.1) is 0 Å². The van der Waals surface area contributed by atoms with Crippen molar-refractivity contribution in [3.05, 3.63) is 64.2 Å². The van der Waals surface area contributed by atoms with Gasteiger partial charge in [0.1, 0.15) is 6.54 Å². The van der Waals surface area contributed by atoms with Gasteiger partial charge in [-0.3, -0.25) is 9.59 Å². The van der Waals surface area contributed by atoms with Gasteiger partial charge >= 0.3 is 0 Å². The first-order valence-electron chi connectivity index (χ1n) is 9.27. The minimum Gasteiger partial charge on any atom is -0.493 e. The van der Waals surface area contributed by atoms with Crippen LogP contribution in [-0.4, -0.2) is 43.7 Å². The molecule has 2 aromatic carbocycles. The SMILES string of the molecule is COc1ccc(CNC(=O)C[NH+](C)Cc2nc3ccccc3c(=O)[nH]2)cc1OC. The fourth-order valence-corrected chi connectivity index (χ4v) is 3.09. The predicted octanol–water partition coefficient (Wildman–Crippen LogP) is 0.271. The van der Waals surface area contributed by atoms with Gasteiger partial charge in [0.05, 0.1) is 32.2 Å². The molecule has 0 radical (unpaired) electrons. The van der Waals surface area contributed by atoms with Crippen LogP contribution in [0, 0.1) is 0 Å². The Morgan fingerprint density at radius 2 is 1.90 bits per heavy atom. The number of methoxy groups -OCH3 is 2. The Labute approximate surface area is 168 Å². The van der Waals surface area contributed by atoms with E-state index >= 15 is 0 Å². The van der Waals surface area contributed by atoms with Gasteiger partial charge in [0.25, 0.3) is 11.5 Å². The summed E-state index contributed by atoms with van der Waals surface area (Å²) in [7, 11) is 5.03. The lowest BCUT2D eigenvalue weighted by Gasteiger charge is -2.14. The fourth-order valence-electron chi connectivity index (χ4n) is 3.09.